The van der Waals surface area contributed by atoms with Crippen LogP contribution in [0, 0.1) is 0 Å². The van der Waals surface area contributed by atoms with E-state index in [1.165, 1.54) is 0 Å². The van der Waals surface area contributed by atoms with E-state index >= 15 is 0 Å². The zero-order valence-electron chi connectivity index (χ0n) is 8.01. The van der Waals surface area contributed by atoms with Crippen LogP contribution in [0.3, 0.4) is 0 Å². The van der Waals surface area contributed by atoms with Gasteiger partial charge in [0.2, 0.25) is 0 Å². The van der Waals surface area contributed by atoms with Crippen LogP contribution in [0.4, 0.5) is 0 Å². The van der Waals surface area contributed by atoms with Crippen molar-refractivity contribution < 1.29 is 8.42 Å². The molecule has 0 aliphatic heterocycles. The normalized spacial score (nSPS) is 8.86. The van der Waals surface area contributed by atoms with Gasteiger partial charge in [0.05, 0.1) is 6.04 Å². The Bertz CT molecular complexity index is 365. The smallest absolute Gasteiger partial charge is 0.169 e. The number of nitrogens with zero attached hydrogens (tertiary/aromatic N) is 1. The van der Waals surface area contributed by atoms with Crippen molar-refractivity contribution in [2.45, 2.75) is 19.9 Å². The molecule has 0 N–H and O–H groups in total. The fourth-order valence-electron chi connectivity index (χ4n) is 0.587. The number of hydrogen-bond donors (Lipinski definition) is 0. The van der Waals surface area contributed by atoms with Gasteiger partial charge in [-0.05, 0) is 26.0 Å². The van der Waals surface area contributed by atoms with Gasteiger partial charge in [-0.15, -0.1) is 0 Å². The molecule has 0 unspecified atom stereocenters. The van der Waals surface area contributed by atoms with Crippen molar-refractivity contribution in [2.24, 2.45) is 4.36 Å². The lowest BCUT2D eigenvalue weighted by Gasteiger charge is -1.82. The Morgan fingerprint density at radius 2 is 1.71 bits per heavy atom. The molecule has 1 aromatic carbocycles. The monoisotopic (exact) mass is 277 g/mol. The zero-order chi connectivity index (χ0) is 11.0. The molecule has 0 bridgehead atoms. The van der Waals surface area contributed by atoms with Gasteiger partial charge >= 0.3 is 10.5 Å². The van der Waals surface area contributed by atoms with Gasteiger partial charge in [0, 0.05) is 4.47 Å². The van der Waals surface area contributed by atoms with Crippen LogP contribution in [0.15, 0.2) is 39.2 Å². The Labute approximate surface area is 94.0 Å². The molecule has 0 fully saturated rings. The fraction of sp³-hybridized carbons (Fsp3) is 0.333. The van der Waals surface area contributed by atoms with Crippen molar-refractivity contribution in [1.82, 2.24) is 0 Å². The van der Waals surface area contributed by atoms with Crippen LogP contribution in [-0.2, 0) is 10.5 Å². The predicted octanol–water partition coefficient (Wildman–Crippen LogP) is 2.91. The lowest BCUT2D eigenvalue weighted by molar-refractivity contribution is 0.617. The van der Waals surface area contributed by atoms with Gasteiger partial charge in [0.25, 0.3) is 0 Å². The molecule has 0 saturated heterocycles. The second-order valence-electron chi connectivity index (χ2n) is 2.71. The van der Waals surface area contributed by atoms with Gasteiger partial charge < -0.3 is 0 Å². The molecule has 0 radical (unpaired) electrons. The van der Waals surface area contributed by atoms with E-state index < -0.39 is 10.5 Å². The number of rotatable bonds is 1. The molecule has 1 aromatic rings. The number of halogens is 1. The van der Waals surface area contributed by atoms with Gasteiger partial charge in [-0.3, -0.25) is 0 Å². The second-order valence-corrected chi connectivity index (χ2v) is 4.27. The van der Waals surface area contributed by atoms with Crippen molar-refractivity contribution in [2.75, 3.05) is 0 Å². The summed E-state index contributed by atoms with van der Waals surface area (Å²) >= 11 is 3.31. The van der Waals surface area contributed by atoms with E-state index in [4.69, 9.17) is 0 Å². The average Bonchev–Trinajstić information content (AvgIpc) is 2.03. The van der Waals surface area contributed by atoms with Crippen molar-refractivity contribution in [1.29, 1.82) is 0 Å². The maximum atomic E-state index is 9.64. The molecular formula is C9H12BrNO2S. The maximum absolute atomic E-state index is 9.64. The van der Waals surface area contributed by atoms with Crippen LogP contribution < -0.4 is 0 Å². The van der Waals surface area contributed by atoms with E-state index in [2.05, 4.69) is 20.3 Å². The van der Waals surface area contributed by atoms with Crippen LogP contribution in [0.25, 0.3) is 0 Å². The zero-order valence-corrected chi connectivity index (χ0v) is 10.4. The summed E-state index contributed by atoms with van der Waals surface area (Å²) in [6.07, 6.45) is 0. The summed E-state index contributed by atoms with van der Waals surface area (Å²) in [6.45, 7) is 3.41. The molecule has 0 saturated carbocycles. The molecule has 5 heteroatoms. The first-order chi connectivity index (χ1) is 6.52. The minimum absolute atomic E-state index is 0.113. The maximum Gasteiger partial charge on any atom is 0.311 e. The SMILES string of the molecule is Brc1ccccc1.CC(C)N=S(=O)=O. The van der Waals surface area contributed by atoms with Crippen molar-refractivity contribution in [3.63, 3.8) is 0 Å². The van der Waals surface area contributed by atoms with Crippen LogP contribution in [0.1, 0.15) is 13.8 Å². The molecule has 0 aromatic heterocycles. The lowest BCUT2D eigenvalue weighted by Crippen LogP contribution is -1.84. The molecule has 0 amide bonds. The molecule has 14 heavy (non-hydrogen) atoms. The number of hydrogen-bond acceptors (Lipinski definition) is 3. The first-order valence-corrected chi connectivity index (χ1v) is 5.85. The van der Waals surface area contributed by atoms with Crippen LogP contribution >= 0.6 is 15.9 Å². The van der Waals surface area contributed by atoms with Gasteiger partial charge in [-0.1, -0.05) is 34.1 Å². The summed E-state index contributed by atoms with van der Waals surface area (Å²) in [5, 5.41) is 0. The summed E-state index contributed by atoms with van der Waals surface area (Å²) in [5.74, 6) is 0. The van der Waals surface area contributed by atoms with E-state index in [1.807, 2.05) is 30.3 Å². The molecule has 0 aliphatic carbocycles. The highest BCUT2D eigenvalue weighted by Gasteiger charge is 1.82. The van der Waals surface area contributed by atoms with Crippen molar-refractivity contribution in [3.8, 4) is 0 Å². The molecule has 0 atom stereocenters. The second kappa shape index (κ2) is 7.70. The van der Waals surface area contributed by atoms with Gasteiger partial charge in [-0.25, -0.2) is 0 Å². The Kier molecular flexibility index (Phi) is 7.32. The molecular weight excluding hydrogens is 266 g/mol. The first-order valence-electron chi connectivity index (χ1n) is 4.03. The standard InChI is InChI=1S/C6H5Br.C3H7NO2S/c7-6-4-2-1-3-5-6;1-3(2)4-7(5)6/h1-5H;3H,1-2H3. The summed E-state index contributed by atoms with van der Waals surface area (Å²) in [6, 6.07) is 9.86. The quantitative estimate of drug-likeness (QED) is 0.793. The number of benzene rings is 1. The third-order valence-electron chi connectivity index (χ3n) is 1.03. The Balaban J connectivity index is 0.000000241. The van der Waals surface area contributed by atoms with E-state index in [0.717, 1.165) is 4.47 Å². The molecule has 3 nitrogen and oxygen atoms in total. The first kappa shape index (κ1) is 13.3. The Morgan fingerprint density at radius 3 is 1.86 bits per heavy atom. The van der Waals surface area contributed by atoms with Crippen LogP contribution in [-0.4, -0.2) is 14.5 Å². The minimum Gasteiger partial charge on any atom is -0.169 e. The Hall–Kier alpha value is -0.680. The predicted molar refractivity (Wildman–Crippen MR) is 60.6 cm³/mol. The van der Waals surface area contributed by atoms with Gasteiger partial charge in [0.15, 0.2) is 0 Å². The fourth-order valence-corrected chi connectivity index (χ4v) is 1.24. The molecule has 0 spiro atoms. The molecule has 0 heterocycles. The summed E-state index contributed by atoms with van der Waals surface area (Å²) in [4.78, 5) is 0. The summed E-state index contributed by atoms with van der Waals surface area (Å²) < 4.78 is 23.6. The third-order valence-corrected chi connectivity index (χ3v) is 2.15. The highest BCUT2D eigenvalue weighted by atomic mass is 79.9. The van der Waals surface area contributed by atoms with Crippen LogP contribution in [0.5, 0.6) is 0 Å². The molecule has 1 rings (SSSR count). The van der Waals surface area contributed by atoms with Crippen LogP contribution in [0.2, 0.25) is 0 Å². The highest BCUT2D eigenvalue weighted by Crippen LogP contribution is 2.05. The van der Waals surface area contributed by atoms with E-state index in [9.17, 15) is 8.42 Å². The Morgan fingerprint density at radius 1 is 1.21 bits per heavy atom. The largest absolute Gasteiger partial charge is 0.311 e. The van der Waals surface area contributed by atoms with Crippen molar-refractivity contribution >= 4 is 26.4 Å². The lowest BCUT2D eigenvalue weighted by atomic mass is 10.4. The van der Waals surface area contributed by atoms with E-state index in [1.54, 1.807) is 13.8 Å². The summed E-state index contributed by atoms with van der Waals surface area (Å²) in [7, 11) is -2.22. The van der Waals surface area contributed by atoms with Crippen molar-refractivity contribution in [3.05, 3.63) is 34.8 Å². The van der Waals surface area contributed by atoms with Gasteiger partial charge in [-0.2, -0.15) is 12.8 Å². The van der Waals surface area contributed by atoms with E-state index in [-0.39, 0.29) is 6.04 Å². The topological polar surface area (TPSA) is 46.5 Å². The average molecular weight is 278 g/mol. The summed E-state index contributed by atoms with van der Waals surface area (Å²) in [5.41, 5.74) is 0. The molecule has 0 aliphatic rings. The van der Waals surface area contributed by atoms with E-state index in [0.29, 0.717) is 0 Å². The highest BCUT2D eigenvalue weighted by molar-refractivity contribution is 9.10. The third kappa shape index (κ3) is 9.41. The minimum atomic E-state index is -2.22. The molecule has 78 valence electrons. The van der Waals surface area contributed by atoms with Gasteiger partial charge in [0.1, 0.15) is 0 Å².